The van der Waals surface area contributed by atoms with Gasteiger partial charge in [0.05, 0.1) is 5.69 Å². The minimum atomic E-state index is -0.321. The number of anilines is 1. The summed E-state index contributed by atoms with van der Waals surface area (Å²) in [4.78, 5) is 2.42. The van der Waals surface area contributed by atoms with Crippen LogP contribution in [0.25, 0.3) is 0 Å². The largest absolute Gasteiger partial charge is 0.396 e. The molecule has 1 unspecified atom stereocenters. The van der Waals surface area contributed by atoms with E-state index in [1.54, 1.807) is 12.1 Å². The van der Waals surface area contributed by atoms with Crippen molar-refractivity contribution in [3.8, 4) is 0 Å². The molecule has 1 fully saturated rings. The van der Waals surface area contributed by atoms with Gasteiger partial charge in [-0.15, -0.1) is 0 Å². The van der Waals surface area contributed by atoms with Gasteiger partial charge < -0.3 is 5.73 Å². The fourth-order valence-corrected chi connectivity index (χ4v) is 2.97. The van der Waals surface area contributed by atoms with Gasteiger partial charge in [-0.3, -0.25) is 4.90 Å². The van der Waals surface area contributed by atoms with E-state index in [0.717, 1.165) is 18.7 Å². The third kappa shape index (κ3) is 2.68. The topological polar surface area (TPSA) is 29.3 Å². The predicted molar refractivity (Wildman–Crippen MR) is 79.6 cm³/mol. The number of hydrogen-bond donors (Lipinski definition) is 1. The summed E-state index contributed by atoms with van der Waals surface area (Å²) in [6.07, 6.45) is 2.36. The second-order valence-corrected chi connectivity index (χ2v) is 5.40. The van der Waals surface area contributed by atoms with Crippen molar-refractivity contribution >= 4 is 5.69 Å². The van der Waals surface area contributed by atoms with Crippen LogP contribution in [0, 0.1) is 5.82 Å². The van der Waals surface area contributed by atoms with Crippen LogP contribution in [-0.2, 0) is 6.54 Å². The molecular formula is C17H19FN2. The summed E-state index contributed by atoms with van der Waals surface area (Å²) in [6.45, 7) is 1.84. The number of hydrogen-bond acceptors (Lipinski definition) is 2. The van der Waals surface area contributed by atoms with Crippen LogP contribution in [0.5, 0.6) is 0 Å². The average molecular weight is 270 g/mol. The Balaban J connectivity index is 1.77. The van der Waals surface area contributed by atoms with Crippen LogP contribution >= 0.6 is 0 Å². The molecule has 1 atom stereocenters. The minimum absolute atomic E-state index is 0.217. The zero-order valence-corrected chi connectivity index (χ0v) is 11.4. The van der Waals surface area contributed by atoms with Gasteiger partial charge in [0.15, 0.2) is 0 Å². The van der Waals surface area contributed by atoms with E-state index in [9.17, 15) is 4.39 Å². The first kappa shape index (κ1) is 13.1. The molecular weight excluding hydrogens is 251 g/mol. The zero-order chi connectivity index (χ0) is 13.9. The van der Waals surface area contributed by atoms with Crippen LogP contribution in [0.1, 0.15) is 30.0 Å². The van der Waals surface area contributed by atoms with Crippen LogP contribution in [-0.4, -0.2) is 11.4 Å². The first-order valence-electron chi connectivity index (χ1n) is 7.07. The molecule has 3 heteroatoms. The highest BCUT2D eigenvalue weighted by molar-refractivity contribution is 5.41. The Morgan fingerprint density at radius 3 is 2.70 bits per heavy atom. The number of likely N-dealkylation sites (tertiary alicyclic amines) is 1. The van der Waals surface area contributed by atoms with E-state index in [1.165, 1.54) is 18.4 Å². The predicted octanol–water partition coefficient (Wildman–Crippen LogP) is 3.75. The van der Waals surface area contributed by atoms with Crippen molar-refractivity contribution in [1.29, 1.82) is 0 Å². The standard InChI is InChI=1S/C17H19FN2/c18-15-11-13(8-9-16(15)19)12-20-10-4-7-17(20)14-5-2-1-3-6-14/h1-3,5-6,8-9,11,17H,4,7,10,12,19H2. The summed E-state index contributed by atoms with van der Waals surface area (Å²) in [7, 11) is 0. The van der Waals surface area contributed by atoms with E-state index < -0.39 is 0 Å². The molecule has 1 saturated heterocycles. The zero-order valence-electron chi connectivity index (χ0n) is 11.4. The maximum Gasteiger partial charge on any atom is 0.146 e. The summed E-state index contributed by atoms with van der Waals surface area (Å²) in [5, 5.41) is 0. The second-order valence-electron chi connectivity index (χ2n) is 5.40. The van der Waals surface area contributed by atoms with E-state index in [0.29, 0.717) is 6.04 Å². The smallest absolute Gasteiger partial charge is 0.146 e. The maximum absolute atomic E-state index is 13.5. The molecule has 0 bridgehead atoms. The monoisotopic (exact) mass is 270 g/mol. The lowest BCUT2D eigenvalue weighted by Gasteiger charge is -2.25. The lowest BCUT2D eigenvalue weighted by Crippen LogP contribution is -2.22. The van der Waals surface area contributed by atoms with Crippen molar-refractivity contribution in [2.75, 3.05) is 12.3 Å². The van der Waals surface area contributed by atoms with Crippen LogP contribution in [0.3, 0.4) is 0 Å². The molecule has 0 aliphatic carbocycles. The lowest BCUT2D eigenvalue weighted by molar-refractivity contribution is 0.248. The molecule has 104 valence electrons. The van der Waals surface area contributed by atoms with Crippen LogP contribution < -0.4 is 5.73 Å². The number of nitrogens with two attached hydrogens (primary N) is 1. The Morgan fingerprint density at radius 1 is 1.15 bits per heavy atom. The van der Waals surface area contributed by atoms with Crippen molar-refractivity contribution in [3.63, 3.8) is 0 Å². The molecule has 0 spiro atoms. The molecule has 0 aromatic heterocycles. The number of rotatable bonds is 3. The summed E-state index contributed by atoms with van der Waals surface area (Å²) in [6, 6.07) is 16.1. The molecule has 2 aromatic carbocycles. The number of nitrogens with zero attached hydrogens (tertiary/aromatic N) is 1. The summed E-state index contributed by atoms with van der Waals surface area (Å²) < 4.78 is 13.5. The lowest BCUT2D eigenvalue weighted by atomic mass is 10.0. The third-order valence-corrected chi connectivity index (χ3v) is 4.00. The van der Waals surface area contributed by atoms with Gasteiger partial charge in [0.25, 0.3) is 0 Å². The van der Waals surface area contributed by atoms with Crippen molar-refractivity contribution < 1.29 is 4.39 Å². The molecule has 2 aromatic rings. The normalized spacial score (nSPS) is 19.4. The van der Waals surface area contributed by atoms with Gasteiger partial charge in [-0.2, -0.15) is 0 Å². The van der Waals surface area contributed by atoms with E-state index in [2.05, 4.69) is 29.2 Å². The molecule has 2 N–H and O–H groups in total. The first-order chi connectivity index (χ1) is 9.74. The molecule has 3 rings (SSSR count). The number of nitrogen functional groups attached to an aromatic ring is 1. The van der Waals surface area contributed by atoms with Gasteiger partial charge in [-0.05, 0) is 42.6 Å². The Bertz CT molecular complexity index is 583. The minimum Gasteiger partial charge on any atom is -0.396 e. The van der Waals surface area contributed by atoms with Crippen molar-refractivity contribution in [2.45, 2.75) is 25.4 Å². The highest BCUT2D eigenvalue weighted by atomic mass is 19.1. The van der Waals surface area contributed by atoms with E-state index in [1.807, 2.05) is 12.1 Å². The van der Waals surface area contributed by atoms with Crippen molar-refractivity contribution in [1.82, 2.24) is 4.90 Å². The second kappa shape index (κ2) is 5.63. The SMILES string of the molecule is Nc1ccc(CN2CCCC2c2ccccc2)cc1F. The van der Waals surface area contributed by atoms with Gasteiger partial charge >= 0.3 is 0 Å². The van der Waals surface area contributed by atoms with E-state index >= 15 is 0 Å². The van der Waals surface area contributed by atoms with Crippen molar-refractivity contribution in [2.24, 2.45) is 0 Å². The quantitative estimate of drug-likeness (QED) is 0.861. The molecule has 2 nitrogen and oxygen atoms in total. The molecule has 1 aliphatic heterocycles. The maximum atomic E-state index is 13.5. The molecule has 0 amide bonds. The van der Waals surface area contributed by atoms with E-state index in [-0.39, 0.29) is 11.5 Å². The van der Waals surface area contributed by atoms with Crippen LogP contribution in [0.15, 0.2) is 48.5 Å². The Labute approximate surface area is 119 Å². The summed E-state index contributed by atoms with van der Waals surface area (Å²) in [5.41, 5.74) is 8.08. The highest BCUT2D eigenvalue weighted by Crippen LogP contribution is 2.33. The van der Waals surface area contributed by atoms with Gasteiger partial charge in [0.1, 0.15) is 5.82 Å². The average Bonchev–Trinajstić information content (AvgIpc) is 2.92. The van der Waals surface area contributed by atoms with Gasteiger partial charge in [-0.1, -0.05) is 36.4 Å². The van der Waals surface area contributed by atoms with Crippen LogP contribution in [0.2, 0.25) is 0 Å². The van der Waals surface area contributed by atoms with E-state index in [4.69, 9.17) is 5.73 Å². The molecule has 1 aliphatic rings. The molecule has 0 radical (unpaired) electrons. The van der Waals surface area contributed by atoms with Crippen molar-refractivity contribution in [3.05, 3.63) is 65.5 Å². The highest BCUT2D eigenvalue weighted by Gasteiger charge is 2.25. The Kier molecular flexibility index (Phi) is 3.70. The number of benzene rings is 2. The summed E-state index contributed by atoms with van der Waals surface area (Å²) in [5.74, 6) is -0.321. The first-order valence-corrected chi connectivity index (χ1v) is 7.07. The molecule has 1 heterocycles. The number of halogens is 1. The fourth-order valence-electron chi connectivity index (χ4n) is 2.97. The Hall–Kier alpha value is -1.87. The van der Waals surface area contributed by atoms with Gasteiger partial charge in [0, 0.05) is 12.6 Å². The summed E-state index contributed by atoms with van der Waals surface area (Å²) >= 11 is 0. The fraction of sp³-hybridized carbons (Fsp3) is 0.294. The third-order valence-electron chi connectivity index (χ3n) is 4.00. The van der Waals surface area contributed by atoms with Gasteiger partial charge in [-0.25, -0.2) is 4.39 Å². The molecule has 20 heavy (non-hydrogen) atoms. The van der Waals surface area contributed by atoms with Gasteiger partial charge in [0.2, 0.25) is 0 Å². The Morgan fingerprint density at radius 2 is 1.95 bits per heavy atom. The molecule has 0 saturated carbocycles. The van der Waals surface area contributed by atoms with Crippen LogP contribution in [0.4, 0.5) is 10.1 Å².